The molecule has 3 heterocycles. The number of aromatic amines is 1. The zero-order chi connectivity index (χ0) is 17.9. The van der Waals surface area contributed by atoms with Crippen molar-refractivity contribution in [1.29, 1.82) is 0 Å². The molecule has 1 N–H and O–H groups in total. The monoisotopic (exact) mass is 345 g/mol. The summed E-state index contributed by atoms with van der Waals surface area (Å²) in [5, 5.41) is 16.1. The summed E-state index contributed by atoms with van der Waals surface area (Å²) in [6.07, 6.45) is 3.64. The molecule has 4 aromatic rings. The van der Waals surface area contributed by atoms with Crippen LogP contribution in [0.2, 0.25) is 0 Å². The maximum absolute atomic E-state index is 4.39. The van der Waals surface area contributed by atoms with E-state index < -0.39 is 0 Å². The Labute approximate surface area is 151 Å². The van der Waals surface area contributed by atoms with Crippen molar-refractivity contribution >= 4 is 5.82 Å². The average Bonchev–Trinajstić information content (AvgIpc) is 3.32. The van der Waals surface area contributed by atoms with Crippen LogP contribution in [0.5, 0.6) is 0 Å². The van der Waals surface area contributed by atoms with Crippen LogP contribution in [0.15, 0.2) is 60.9 Å². The number of hydrogen-bond acceptors (Lipinski definition) is 5. The van der Waals surface area contributed by atoms with Crippen molar-refractivity contribution in [2.24, 2.45) is 7.05 Å². The maximum atomic E-state index is 4.39. The van der Waals surface area contributed by atoms with E-state index in [1.807, 2.05) is 72.2 Å². The van der Waals surface area contributed by atoms with Crippen LogP contribution in [0.1, 0.15) is 5.69 Å². The lowest BCUT2D eigenvalue weighted by Crippen LogP contribution is -2.18. The van der Waals surface area contributed by atoms with E-state index in [1.54, 1.807) is 6.20 Å². The molecule has 0 amide bonds. The number of H-pyrrole nitrogens is 1. The van der Waals surface area contributed by atoms with Gasteiger partial charge >= 0.3 is 0 Å². The molecule has 4 rings (SSSR count). The number of imidazole rings is 1. The number of nitrogens with one attached hydrogen (secondary N) is 1. The number of anilines is 1. The van der Waals surface area contributed by atoms with Crippen LogP contribution in [0.4, 0.5) is 5.82 Å². The fraction of sp³-hybridized carbons (Fsp3) is 0.158. The smallest absolute Gasteiger partial charge is 0.160 e. The Hall–Kier alpha value is -3.48. The number of hydrogen-bond donors (Lipinski definition) is 1. The molecule has 0 atom stereocenters. The van der Waals surface area contributed by atoms with Crippen molar-refractivity contribution in [2.75, 3.05) is 11.9 Å². The van der Waals surface area contributed by atoms with E-state index in [9.17, 15) is 0 Å². The molecule has 0 unspecified atom stereocenters. The molecule has 0 aliphatic carbocycles. The Morgan fingerprint density at radius 2 is 1.88 bits per heavy atom. The van der Waals surface area contributed by atoms with Gasteiger partial charge in [-0.1, -0.05) is 30.3 Å². The summed E-state index contributed by atoms with van der Waals surface area (Å²) in [6.45, 7) is 0.663. The maximum Gasteiger partial charge on any atom is 0.160 e. The highest BCUT2D eigenvalue weighted by Crippen LogP contribution is 2.20. The van der Waals surface area contributed by atoms with Crippen molar-refractivity contribution in [2.45, 2.75) is 6.54 Å². The molecule has 3 aromatic heterocycles. The molecule has 0 bridgehead atoms. The van der Waals surface area contributed by atoms with Gasteiger partial charge in [-0.2, -0.15) is 5.10 Å². The van der Waals surface area contributed by atoms with E-state index in [1.165, 1.54) is 0 Å². The second-order valence-corrected chi connectivity index (χ2v) is 6.14. The van der Waals surface area contributed by atoms with Crippen molar-refractivity contribution in [3.8, 4) is 22.8 Å². The molecule has 7 heteroatoms. The molecule has 0 aliphatic rings. The number of aryl methyl sites for hydroxylation is 1. The van der Waals surface area contributed by atoms with Crippen molar-refractivity contribution < 1.29 is 0 Å². The first-order valence-corrected chi connectivity index (χ1v) is 8.33. The minimum Gasteiger partial charge on any atom is -0.352 e. The Balaban J connectivity index is 1.48. The van der Waals surface area contributed by atoms with Crippen molar-refractivity contribution in [3.63, 3.8) is 0 Å². The zero-order valence-corrected chi connectivity index (χ0v) is 14.7. The lowest BCUT2D eigenvalue weighted by atomic mass is 10.1. The average molecular weight is 345 g/mol. The highest BCUT2D eigenvalue weighted by Gasteiger charge is 2.10. The molecule has 0 saturated heterocycles. The van der Waals surface area contributed by atoms with Crippen LogP contribution in [-0.2, 0) is 13.6 Å². The van der Waals surface area contributed by atoms with Crippen LogP contribution in [-0.4, -0.2) is 37.0 Å². The van der Waals surface area contributed by atoms with E-state index in [-0.39, 0.29) is 0 Å². The number of aromatic nitrogens is 6. The molecule has 7 nitrogen and oxygen atoms in total. The van der Waals surface area contributed by atoms with Gasteiger partial charge < -0.3 is 9.47 Å². The fourth-order valence-corrected chi connectivity index (χ4v) is 2.80. The highest BCUT2D eigenvalue weighted by molar-refractivity contribution is 5.59. The van der Waals surface area contributed by atoms with Crippen LogP contribution < -0.4 is 4.90 Å². The first-order chi connectivity index (χ1) is 12.7. The first kappa shape index (κ1) is 16.0. The topological polar surface area (TPSA) is 75.5 Å². The summed E-state index contributed by atoms with van der Waals surface area (Å²) in [5.74, 6) is 1.59. The molecular weight excluding hydrogens is 326 g/mol. The Bertz CT molecular complexity index is 986. The SMILES string of the molecule is CN(Cc1cc(-c2ccccc2)n[nH]1)c1ccc(-c2nccn2C)nn1. The van der Waals surface area contributed by atoms with Gasteiger partial charge in [0.05, 0.1) is 17.9 Å². The summed E-state index contributed by atoms with van der Waals surface area (Å²) in [4.78, 5) is 6.32. The predicted octanol–water partition coefficient (Wildman–Crippen LogP) is 2.90. The van der Waals surface area contributed by atoms with Gasteiger partial charge in [-0.3, -0.25) is 5.10 Å². The molecule has 0 fully saturated rings. The Kier molecular flexibility index (Phi) is 4.18. The lowest BCUT2D eigenvalue weighted by Gasteiger charge is -2.16. The van der Waals surface area contributed by atoms with E-state index >= 15 is 0 Å². The fourth-order valence-electron chi connectivity index (χ4n) is 2.80. The third-order valence-electron chi connectivity index (χ3n) is 4.20. The minimum atomic E-state index is 0.663. The molecule has 130 valence electrons. The Morgan fingerprint density at radius 3 is 2.58 bits per heavy atom. The summed E-state index contributed by atoms with van der Waals surface area (Å²) in [5.41, 5.74) is 3.80. The van der Waals surface area contributed by atoms with E-state index in [2.05, 4.69) is 31.4 Å². The van der Waals surface area contributed by atoms with Crippen LogP contribution in [0.3, 0.4) is 0 Å². The number of rotatable bonds is 5. The second kappa shape index (κ2) is 6.79. The zero-order valence-electron chi connectivity index (χ0n) is 14.7. The van der Waals surface area contributed by atoms with Crippen molar-refractivity contribution in [3.05, 3.63) is 66.6 Å². The second-order valence-electron chi connectivity index (χ2n) is 6.14. The third kappa shape index (κ3) is 3.19. The lowest BCUT2D eigenvalue weighted by molar-refractivity contribution is 0.831. The van der Waals surface area contributed by atoms with Crippen molar-refractivity contribution in [1.82, 2.24) is 29.9 Å². The standard InChI is InChI=1S/C19H19N7/c1-25-11-10-20-19(25)16-8-9-18(24-22-16)26(2)13-15-12-17(23-21-15)14-6-4-3-5-7-14/h3-12H,13H2,1-2H3,(H,21,23). The van der Waals surface area contributed by atoms with Gasteiger partial charge in [0.15, 0.2) is 11.6 Å². The van der Waals surface area contributed by atoms with Gasteiger partial charge in [-0.15, -0.1) is 10.2 Å². The van der Waals surface area contributed by atoms with E-state index in [4.69, 9.17) is 0 Å². The van der Waals surface area contributed by atoms with Crippen LogP contribution in [0.25, 0.3) is 22.8 Å². The van der Waals surface area contributed by atoms with Gasteiger partial charge in [0, 0.05) is 32.1 Å². The molecule has 0 saturated carbocycles. The van der Waals surface area contributed by atoms with Gasteiger partial charge in [-0.25, -0.2) is 4.98 Å². The molecule has 1 aromatic carbocycles. The molecule has 26 heavy (non-hydrogen) atoms. The molecule has 0 aliphatic heterocycles. The van der Waals surface area contributed by atoms with Gasteiger partial charge in [0.1, 0.15) is 5.69 Å². The summed E-state index contributed by atoms with van der Waals surface area (Å²) >= 11 is 0. The van der Waals surface area contributed by atoms with Gasteiger partial charge in [-0.05, 0) is 18.2 Å². The summed E-state index contributed by atoms with van der Waals surface area (Å²) in [7, 11) is 3.92. The molecular formula is C19H19N7. The quantitative estimate of drug-likeness (QED) is 0.602. The number of nitrogens with zero attached hydrogens (tertiary/aromatic N) is 6. The van der Waals surface area contributed by atoms with Crippen LogP contribution >= 0.6 is 0 Å². The molecule has 0 spiro atoms. The van der Waals surface area contributed by atoms with E-state index in [0.717, 1.165) is 34.3 Å². The minimum absolute atomic E-state index is 0.663. The largest absolute Gasteiger partial charge is 0.352 e. The van der Waals surface area contributed by atoms with E-state index in [0.29, 0.717) is 6.54 Å². The van der Waals surface area contributed by atoms with Crippen LogP contribution in [0, 0.1) is 0 Å². The highest BCUT2D eigenvalue weighted by atomic mass is 15.3. The molecule has 0 radical (unpaired) electrons. The van der Waals surface area contributed by atoms with Gasteiger partial charge in [0.2, 0.25) is 0 Å². The normalized spacial score (nSPS) is 10.8. The third-order valence-corrected chi connectivity index (χ3v) is 4.20. The summed E-state index contributed by atoms with van der Waals surface area (Å²) < 4.78 is 1.92. The number of benzene rings is 1. The first-order valence-electron chi connectivity index (χ1n) is 8.33. The summed E-state index contributed by atoms with van der Waals surface area (Å²) in [6, 6.07) is 16.1. The Morgan fingerprint density at radius 1 is 1.04 bits per heavy atom. The predicted molar refractivity (Wildman–Crippen MR) is 100 cm³/mol. The van der Waals surface area contributed by atoms with Gasteiger partial charge in [0.25, 0.3) is 0 Å².